The lowest BCUT2D eigenvalue weighted by atomic mass is 10.2. The molecule has 4 nitrogen and oxygen atoms in total. The summed E-state index contributed by atoms with van der Waals surface area (Å²) in [6.45, 7) is 0.552. The van der Waals surface area contributed by atoms with Gasteiger partial charge in [-0.2, -0.15) is 5.26 Å². The van der Waals surface area contributed by atoms with Gasteiger partial charge in [0.1, 0.15) is 6.07 Å². The Morgan fingerprint density at radius 3 is 2.56 bits per heavy atom. The molecule has 0 radical (unpaired) electrons. The number of hydrogen-bond acceptors (Lipinski definition) is 4. The monoisotopic (exact) mass is 217 g/mol. The summed E-state index contributed by atoms with van der Waals surface area (Å²) in [5.74, 6) is -1.71. The van der Waals surface area contributed by atoms with Gasteiger partial charge in [-0.3, -0.25) is 9.59 Å². The van der Waals surface area contributed by atoms with Crippen LogP contribution in [0.4, 0.5) is 0 Å². The van der Waals surface area contributed by atoms with Crippen LogP contribution < -0.4 is 0 Å². The number of ether oxygens (including phenoxy) is 1. The second-order valence-electron chi connectivity index (χ2n) is 3.15. The second kappa shape index (κ2) is 6.49. The third kappa shape index (κ3) is 4.03. The van der Waals surface area contributed by atoms with E-state index in [0.717, 1.165) is 5.56 Å². The fourth-order valence-electron chi connectivity index (χ4n) is 1.11. The Morgan fingerprint density at radius 2 is 1.94 bits per heavy atom. The van der Waals surface area contributed by atoms with Crippen LogP contribution in [0.3, 0.4) is 0 Å². The zero-order chi connectivity index (χ0) is 11.8. The first-order valence-electron chi connectivity index (χ1n) is 4.83. The third-order valence-corrected chi connectivity index (χ3v) is 1.94. The lowest BCUT2D eigenvalue weighted by Gasteiger charge is -2.02. The van der Waals surface area contributed by atoms with Crippen LogP contribution in [0.5, 0.6) is 0 Å². The van der Waals surface area contributed by atoms with E-state index in [0.29, 0.717) is 6.61 Å². The standard InChI is InChI=1S/C12H11NO3/c13-8-12(15)11(14)6-7-16-9-10-4-2-1-3-5-10/h1-5H,6-7,9H2. The highest BCUT2D eigenvalue weighted by atomic mass is 16.5. The normalized spacial score (nSPS) is 9.44. The van der Waals surface area contributed by atoms with Crippen LogP contribution in [0.2, 0.25) is 0 Å². The van der Waals surface area contributed by atoms with Gasteiger partial charge >= 0.3 is 0 Å². The van der Waals surface area contributed by atoms with E-state index >= 15 is 0 Å². The van der Waals surface area contributed by atoms with E-state index in [1.54, 1.807) is 0 Å². The minimum Gasteiger partial charge on any atom is -0.376 e. The van der Waals surface area contributed by atoms with Crippen molar-refractivity contribution in [1.29, 1.82) is 5.26 Å². The van der Waals surface area contributed by atoms with Crippen LogP contribution in [-0.4, -0.2) is 18.2 Å². The van der Waals surface area contributed by atoms with Gasteiger partial charge in [-0.1, -0.05) is 30.3 Å². The zero-order valence-corrected chi connectivity index (χ0v) is 8.68. The number of carbonyl (C=O) groups is 2. The molecule has 0 bridgehead atoms. The van der Waals surface area contributed by atoms with Gasteiger partial charge in [0.2, 0.25) is 5.78 Å². The molecule has 0 saturated heterocycles. The maximum Gasteiger partial charge on any atom is 0.297 e. The molecule has 1 rings (SSSR count). The second-order valence-corrected chi connectivity index (χ2v) is 3.15. The minimum absolute atomic E-state index is 0.0424. The number of Topliss-reactive ketones (excluding diaryl/α,β-unsaturated/α-hetero) is 2. The molecule has 16 heavy (non-hydrogen) atoms. The average Bonchev–Trinajstić information content (AvgIpc) is 2.34. The lowest BCUT2D eigenvalue weighted by Crippen LogP contribution is -2.13. The maximum atomic E-state index is 10.9. The van der Waals surface area contributed by atoms with Gasteiger partial charge in [-0.15, -0.1) is 0 Å². The van der Waals surface area contributed by atoms with Crippen LogP contribution in [-0.2, 0) is 20.9 Å². The van der Waals surface area contributed by atoms with Crippen molar-refractivity contribution in [3.63, 3.8) is 0 Å². The van der Waals surface area contributed by atoms with Gasteiger partial charge in [-0.05, 0) is 5.56 Å². The number of carbonyl (C=O) groups excluding carboxylic acids is 2. The molecule has 1 aromatic carbocycles. The van der Waals surface area contributed by atoms with Crippen LogP contribution in [0.25, 0.3) is 0 Å². The first-order chi connectivity index (χ1) is 7.74. The van der Waals surface area contributed by atoms with Crippen LogP contribution in [0.1, 0.15) is 12.0 Å². The predicted molar refractivity (Wildman–Crippen MR) is 56.3 cm³/mol. The van der Waals surface area contributed by atoms with Crippen molar-refractivity contribution in [3.05, 3.63) is 35.9 Å². The summed E-state index contributed by atoms with van der Waals surface area (Å²) in [5, 5.41) is 8.18. The number of benzene rings is 1. The summed E-state index contributed by atoms with van der Waals surface area (Å²) in [4.78, 5) is 21.5. The lowest BCUT2D eigenvalue weighted by molar-refractivity contribution is -0.134. The molecular weight excluding hydrogens is 206 g/mol. The van der Waals surface area contributed by atoms with Gasteiger partial charge < -0.3 is 4.74 Å². The summed E-state index contributed by atoms with van der Waals surface area (Å²) < 4.78 is 5.20. The Kier molecular flexibility index (Phi) is 4.90. The average molecular weight is 217 g/mol. The topological polar surface area (TPSA) is 67.2 Å². The number of nitrogens with zero attached hydrogens (tertiary/aromatic N) is 1. The van der Waals surface area contributed by atoms with E-state index in [9.17, 15) is 9.59 Å². The summed E-state index contributed by atoms with van der Waals surface area (Å²) in [6, 6.07) is 10.8. The Hall–Kier alpha value is -1.99. The SMILES string of the molecule is N#CC(=O)C(=O)CCOCc1ccccc1. The van der Waals surface area contributed by atoms with Crippen molar-refractivity contribution in [1.82, 2.24) is 0 Å². The van der Waals surface area contributed by atoms with E-state index in [-0.39, 0.29) is 13.0 Å². The molecule has 0 saturated carbocycles. The van der Waals surface area contributed by atoms with Crippen molar-refractivity contribution in [2.75, 3.05) is 6.61 Å². The molecule has 0 atom stereocenters. The zero-order valence-electron chi connectivity index (χ0n) is 8.68. The number of ketones is 2. The largest absolute Gasteiger partial charge is 0.376 e. The number of nitriles is 1. The Balaban J connectivity index is 2.21. The molecule has 0 heterocycles. The number of rotatable bonds is 6. The molecule has 82 valence electrons. The molecule has 0 N–H and O–H groups in total. The van der Waals surface area contributed by atoms with Gasteiger partial charge in [0, 0.05) is 6.42 Å². The van der Waals surface area contributed by atoms with Crippen molar-refractivity contribution < 1.29 is 14.3 Å². The van der Waals surface area contributed by atoms with E-state index < -0.39 is 11.6 Å². The minimum atomic E-state index is -1.01. The summed E-state index contributed by atoms with van der Waals surface area (Å²) in [5.41, 5.74) is 1.00. The van der Waals surface area contributed by atoms with Crippen molar-refractivity contribution in [2.24, 2.45) is 0 Å². The van der Waals surface area contributed by atoms with E-state index in [2.05, 4.69) is 0 Å². The summed E-state index contributed by atoms with van der Waals surface area (Å²) in [7, 11) is 0. The highest BCUT2D eigenvalue weighted by Crippen LogP contribution is 2.00. The smallest absolute Gasteiger partial charge is 0.297 e. The van der Waals surface area contributed by atoms with Gasteiger partial charge in [0.05, 0.1) is 13.2 Å². The van der Waals surface area contributed by atoms with E-state index in [4.69, 9.17) is 10.00 Å². The Bertz CT molecular complexity index is 406. The van der Waals surface area contributed by atoms with Crippen molar-refractivity contribution in [2.45, 2.75) is 13.0 Å². The summed E-state index contributed by atoms with van der Waals surface area (Å²) >= 11 is 0. The van der Waals surface area contributed by atoms with Gasteiger partial charge in [0.25, 0.3) is 5.78 Å². The predicted octanol–water partition coefficient (Wildman–Crippen LogP) is 1.26. The van der Waals surface area contributed by atoms with E-state index in [1.807, 2.05) is 30.3 Å². The molecule has 0 aliphatic heterocycles. The Morgan fingerprint density at radius 1 is 1.25 bits per heavy atom. The van der Waals surface area contributed by atoms with Gasteiger partial charge in [-0.25, -0.2) is 0 Å². The molecule has 0 amide bonds. The fourth-order valence-corrected chi connectivity index (χ4v) is 1.11. The van der Waals surface area contributed by atoms with Crippen LogP contribution >= 0.6 is 0 Å². The molecule has 4 heteroatoms. The first-order valence-corrected chi connectivity index (χ1v) is 4.83. The van der Waals surface area contributed by atoms with Crippen molar-refractivity contribution in [3.8, 4) is 6.07 Å². The third-order valence-electron chi connectivity index (χ3n) is 1.94. The molecule has 0 aliphatic rings. The fraction of sp³-hybridized carbons (Fsp3) is 0.250. The summed E-state index contributed by atoms with van der Waals surface area (Å²) in [6.07, 6.45) is -0.0424. The molecule has 0 unspecified atom stereocenters. The van der Waals surface area contributed by atoms with Crippen LogP contribution in [0, 0.1) is 11.3 Å². The maximum absolute atomic E-state index is 10.9. The molecule has 0 aromatic heterocycles. The highest BCUT2D eigenvalue weighted by molar-refractivity contribution is 6.43. The van der Waals surface area contributed by atoms with Gasteiger partial charge in [0.15, 0.2) is 0 Å². The Labute approximate surface area is 93.5 Å². The quantitative estimate of drug-likeness (QED) is 0.408. The molecule has 0 fully saturated rings. The molecule has 1 aromatic rings. The molecule has 0 aliphatic carbocycles. The van der Waals surface area contributed by atoms with Crippen LogP contribution in [0.15, 0.2) is 30.3 Å². The first kappa shape index (κ1) is 12.1. The number of hydrogen-bond donors (Lipinski definition) is 0. The highest BCUT2D eigenvalue weighted by Gasteiger charge is 2.11. The molecular formula is C12H11NO3. The van der Waals surface area contributed by atoms with E-state index in [1.165, 1.54) is 6.07 Å². The van der Waals surface area contributed by atoms with Crippen molar-refractivity contribution >= 4 is 11.6 Å². The molecule has 0 spiro atoms.